The Morgan fingerprint density at radius 2 is 1.86 bits per heavy atom. The van der Waals surface area contributed by atoms with Crippen LogP contribution in [0.3, 0.4) is 0 Å². The normalized spacial score (nSPS) is 14.1. The molecule has 1 atom stereocenters. The molecular weight excluding hydrogens is 196 g/mol. The van der Waals surface area contributed by atoms with Crippen LogP contribution in [0.15, 0.2) is 37.6 Å². The van der Waals surface area contributed by atoms with E-state index in [1.165, 1.54) is 0 Å². The minimum absolute atomic E-state index is 0.393. The van der Waals surface area contributed by atoms with Crippen LogP contribution < -0.4 is 0 Å². The molecule has 0 rings (SSSR count). The maximum Gasteiger partial charge on any atom is 0.162 e. The third-order valence-corrected chi connectivity index (χ3v) is 2.46. The highest BCUT2D eigenvalue weighted by Crippen LogP contribution is 2.29. The van der Waals surface area contributed by atoms with Gasteiger partial charge in [0.2, 0.25) is 0 Å². The summed E-state index contributed by atoms with van der Waals surface area (Å²) in [6.07, 6.45) is 6.42. The standard InChI is InChI=1S/C10H18O3Si/c1-5-10(6-2,7-8-11-3)9(12-4)13-14/h5-9H,1-2H2,3-4,14H3. The van der Waals surface area contributed by atoms with Crippen molar-refractivity contribution in [3.05, 3.63) is 37.6 Å². The molecule has 0 aliphatic heterocycles. The lowest BCUT2D eigenvalue weighted by Crippen LogP contribution is -2.33. The van der Waals surface area contributed by atoms with Gasteiger partial charge in [0, 0.05) is 7.11 Å². The smallest absolute Gasteiger partial charge is 0.162 e. The van der Waals surface area contributed by atoms with Gasteiger partial charge < -0.3 is 13.9 Å². The molecule has 14 heavy (non-hydrogen) atoms. The van der Waals surface area contributed by atoms with Crippen molar-refractivity contribution in [3.8, 4) is 0 Å². The molecule has 0 radical (unpaired) electrons. The fraction of sp³-hybridized carbons (Fsp3) is 0.400. The third kappa shape index (κ3) is 2.83. The average Bonchev–Trinajstić information content (AvgIpc) is 2.24. The van der Waals surface area contributed by atoms with Crippen molar-refractivity contribution in [2.75, 3.05) is 14.2 Å². The van der Waals surface area contributed by atoms with Crippen LogP contribution in [0.5, 0.6) is 0 Å². The number of hydrogen-bond acceptors (Lipinski definition) is 3. The van der Waals surface area contributed by atoms with Crippen LogP contribution in [0, 0.1) is 5.41 Å². The van der Waals surface area contributed by atoms with Crippen LogP contribution in [0.25, 0.3) is 0 Å². The Morgan fingerprint density at radius 3 is 2.14 bits per heavy atom. The summed E-state index contributed by atoms with van der Waals surface area (Å²) >= 11 is 0. The van der Waals surface area contributed by atoms with Gasteiger partial charge in [-0.05, 0) is 6.08 Å². The average molecular weight is 214 g/mol. The van der Waals surface area contributed by atoms with Crippen molar-refractivity contribution in [2.45, 2.75) is 6.29 Å². The summed E-state index contributed by atoms with van der Waals surface area (Å²) in [7, 11) is 3.75. The Morgan fingerprint density at radius 1 is 1.29 bits per heavy atom. The van der Waals surface area contributed by atoms with E-state index in [0.717, 1.165) is 0 Å². The molecule has 0 bridgehead atoms. The molecule has 0 aromatic carbocycles. The van der Waals surface area contributed by atoms with Gasteiger partial charge in [-0.2, -0.15) is 0 Å². The lowest BCUT2D eigenvalue weighted by molar-refractivity contribution is -0.0879. The van der Waals surface area contributed by atoms with Gasteiger partial charge in [0.05, 0.1) is 18.8 Å². The van der Waals surface area contributed by atoms with Crippen LogP contribution in [-0.4, -0.2) is 31.0 Å². The zero-order valence-corrected chi connectivity index (χ0v) is 11.0. The summed E-state index contributed by atoms with van der Waals surface area (Å²) in [5, 5.41) is 0. The van der Waals surface area contributed by atoms with Gasteiger partial charge in [0.1, 0.15) is 10.5 Å². The molecule has 0 spiro atoms. The fourth-order valence-corrected chi connectivity index (χ4v) is 1.78. The summed E-state index contributed by atoms with van der Waals surface area (Å²) in [6.45, 7) is 7.50. The van der Waals surface area contributed by atoms with E-state index < -0.39 is 11.7 Å². The van der Waals surface area contributed by atoms with Crippen LogP contribution in [0.4, 0.5) is 0 Å². The summed E-state index contributed by atoms with van der Waals surface area (Å²) in [4.78, 5) is 0. The number of rotatable bonds is 7. The van der Waals surface area contributed by atoms with Gasteiger partial charge in [0.25, 0.3) is 0 Å². The lowest BCUT2D eigenvalue weighted by atomic mass is 9.87. The van der Waals surface area contributed by atoms with Crippen LogP contribution in [0.1, 0.15) is 0 Å². The zero-order chi connectivity index (χ0) is 11.0. The first-order valence-corrected chi connectivity index (χ1v) is 5.05. The molecule has 0 N–H and O–H groups in total. The van der Waals surface area contributed by atoms with Crippen molar-refractivity contribution in [1.82, 2.24) is 0 Å². The van der Waals surface area contributed by atoms with E-state index in [9.17, 15) is 0 Å². The topological polar surface area (TPSA) is 27.7 Å². The molecule has 0 aromatic heterocycles. The molecule has 0 amide bonds. The van der Waals surface area contributed by atoms with Gasteiger partial charge in [-0.15, -0.1) is 13.2 Å². The van der Waals surface area contributed by atoms with Crippen molar-refractivity contribution in [3.63, 3.8) is 0 Å². The molecule has 0 aliphatic carbocycles. The number of ether oxygens (including phenoxy) is 2. The van der Waals surface area contributed by atoms with Crippen molar-refractivity contribution >= 4 is 10.5 Å². The molecule has 3 nitrogen and oxygen atoms in total. The second kappa shape index (κ2) is 6.59. The van der Waals surface area contributed by atoms with Gasteiger partial charge >= 0.3 is 0 Å². The Bertz CT molecular complexity index is 201. The van der Waals surface area contributed by atoms with Crippen molar-refractivity contribution < 1.29 is 13.9 Å². The summed E-state index contributed by atoms with van der Waals surface area (Å²) in [5.74, 6) is 0. The van der Waals surface area contributed by atoms with E-state index in [0.29, 0.717) is 10.5 Å². The first kappa shape index (κ1) is 13.2. The summed E-state index contributed by atoms with van der Waals surface area (Å²) < 4.78 is 15.4. The van der Waals surface area contributed by atoms with E-state index in [-0.39, 0.29) is 0 Å². The number of methoxy groups -OCH3 is 2. The molecule has 0 aromatic rings. The Balaban J connectivity index is 4.92. The molecule has 80 valence electrons. The molecule has 1 unspecified atom stereocenters. The zero-order valence-electron chi connectivity index (χ0n) is 9.03. The van der Waals surface area contributed by atoms with E-state index >= 15 is 0 Å². The Hall–Kier alpha value is -0.843. The molecule has 0 saturated heterocycles. The minimum atomic E-state index is -0.535. The van der Waals surface area contributed by atoms with Crippen molar-refractivity contribution in [2.24, 2.45) is 5.41 Å². The lowest BCUT2D eigenvalue weighted by Gasteiger charge is -2.30. The fourth-order valence-electron chi connectivity index (χ4n) is 1.18. The maximum absolute atomic E-state index is 5.31. The number of hydrogen-bond donors (Lipinski definition) is 0. The predicted octanol–water partition coefficient (Wildman–Crippen LogP) is 0.774. The van der Waals surface area contributed by atoms with E-state index in [2.05, 4.69) is 13.2 Å². The Kier molecular flexibility index (Phi) is 6.19. The summed E-state index contributed by atoms with van der Waals surface area (Å²) in [6, 6.07) is 0. The third-order valence-electron chi connectivity index (χ3n) is 2.04. The molecule has 0 heterocycles. The predicted molar refractivity (Wildman–Crippen MR) is 60.8 cm³/mol. The molecular formula is C10H18O3Si. The van der Waals surface area contributed by atoms with Gasteiger partial charge in [-0.25, -0.2) is 0 Å². The van der Waals surface area contributed by atoms with E-state index in [4.69, 9.17) is 13.9 Å². The van der Waals surface area contributed by atoms with Crippen LogP contribution in [-0.2, 0) is 13.9 Å². The minimum Gasteiger partial charge on any atom is -0.505 e. The molecule has 4 heteroatoms. The SMILES string of the molecule is C=CC(C=C)(C=COC)C(OC)O[SiH3]. The van der Waals surface area contributed by atoms with Gasteiger partial charge in [-0.1, -0.05) is 12.2 Å². The summed E-state index contributed by atoms with van der Waals surface area (Å²) in [5.41, 5.74) is -0.535. The van der Waals surface area contributed by atoms with Crippen LogP contribution in [0.2, 0.25) is 0 Å². The highest BCUT2D eigenvalue weighted by Gasteiger charge is 2.30. The second-order valence-corrected chi connectivity index (χ2v) is 3.22. The first-order valence-electron chi connectivity index (χ1n) is 4.24. The van der Waals surface area contributed by atoms with Crippen molar-refractivity contribution in [1.29, 1.82) is 0 Å². The molecule has 0 fully saturated rings. The van der Waals surface area contributed by atoms with Crippen LogP contribution >= 0.6 is 0 Å². The van der Waals surface area contributed by atoms with E-state index in [1.54, 1.807) is 38.7 Å². The highest BCUT2D eigenvalue weighted by atomic mass is 28.2. The van der Waals surface area contributed by atoms with Gasteiger partial charge in [-0.3, -0.25) is 0 Å². The largest absolute Gasteiger partial charge is 0.505 e. The van der Waals surface area contributed by atoms with E-state index in [1.807, 2.05) is 0 Å². The molecule has 0 saturated carbocycles. The quantitative estimate of drug-likeness (QED) is 0.271. The second-order valence-electron chi connectivity index (χ2n) is 2.75. The highest BCUT2D eigenvalue weighted by molar-refractivity contribution is 5.98. The first-order chi connectivity index (χ1) is 6.70. The Labute approximate surface area is 88.6 Å². The monoisotopic (exact) mass is 214 g/mol. The maximum atomic E-state index is 5.31. The van der Waals surface area contributed by atoms with Gasteiger partial charge in [0.15, 0.2) is 6.29 Å². The molecule has 0 aliphatic rings.